The molecule has 0 unspecified atom stereocenters. The monoisotopic (exact) mass is 295 g/mol. The molecule has 0 bridgehead atoms. The number of β-amino-alcohol motifs (C(OH)–C–C–N with tert-alkyl or cyclic N) is 1. The first-order chi connectivity index (χ1) is 9.93. The predicted octanol–water partition coefficient (Wildman–Crippen LogP) is 0.391. The molecule has 2 amide bonds. The average molecular weight is 295 g/mol. The molecule has 0 radical (unpaired) electrons. The second kappa shape index (κ2) is 5.67. The fraction of sp³-hybridized carbons (Fsp3) is 0.167. The van der Waals surface area contributed by atoms with Crippen LogP contribution in [0.4, 0.5) is 15.8 Å². The number of halogens is 1. The van der Waals surface area contributed by atoms with Gasteiger partial charge in [0.05, 0.1) is 18.1 Å². The second-order valence-corrected chi connectivity index (χ2v) is 4.12. The summed E-state index contributed by atoms with van der Waals surface area (Å²) in [7, 11) is 0. The molecule has 1 aromatic carbocycles. The summed E-state index contributed by atoms with van der Waals surface area (Å²) in [4.78, 5) is 34.3. The number of imide groups is 1. The molecule has 8 nitrogen and oxygen atoms in total. The standard InChI is InChI=1S/C12H10FN3O5/c13-7-1-2-10(16(20)21)8(5-7)14-9-6-11(18)15(3-4-17)12(9)19/h1-2,5-6,14,17H,3-4H2. The van der Waals surface area contributed by atoms with Gasteiger partial charge in [-0.1, -0.05) is 0 Å². The molecule has 0 aliphatic carbocycles. The van der Waals surface area contributed by atoms with E-state index in [2.05, 4.69) is 5.32 Å². The largest absolute Gasteiger partial charge is 0.395 e. The number of benzene rings is 1. The molecule has 9 heteroatoms. The molecule has 0 saturated heterocycles. The van der Waals surface area contributed by atoms with Crippen LogP contribution in [0.1, 0.15) is 0 Å². The van der Waals surface area contributed by atoms with Crippen molar-refractivity contribution in [2.24, 2.45) is 0 Å². The Hall–Kier alpha value is -2.81. The quantitative estimate of drug-likeness (QED) is 0.461. The maximum Gasteiger partial charge on any atom is 0.292 e. The third kappa shape index (κ3) is 2.87. The van der Waals surface area contributed by atoms with Crippen LogP contribution in [0.5, 0.6) is 0 Å². The van der Waals surface area contributed by atoms with Gasteiger partial charge in [-0.05, 0) is 6.07 Å². The highest BCUT2D eigenvalue weighted by atomic mass is 19.1. The third-order valence-electron chi connectivity index (χ3n) is 2.76. The highest BCUT2D eigenvalue weighted by molar-refractivity contribution is 6.17. The Balaban J connectivity index is 2.29. The summed E-state index contributed by atoms with van der Waals surface area (Å²) in [6.07, 6.45) is 0.937. The molecular formula is C12H10FN3O5. The minimum Gasteiger partial charge on any atom is -0.395 e. The number of hydrogen-bond donors (Lipinski definition) is 2. The topological polar surface area (TPSA) is 113 Å². The van der Waals surface area contributed by atoms with Gasteiger partial charge in [-0.15, -0.1) is 0 Å². The molecule has 110 valence electrons. The lowest BCUT2D eigenvalue weighted by Gasteiger charge is -2.13. The van der Waals surface area contributed by atoms with Crippen LogP contribution in [0.2, 0.25) is 0 Å². The number of aliphatic hydroxyl groups is 1. The average Bonchev–Trinajstić information content (AvgIpc) is 2.67. The highest BCUT2D eigenvalue weighted by Gasteiger charge is 2.31. The maximum absolute atomic E-state index is 13.2. The van der Waals surface area contributed by atoms with E-state index in [1.165, 1.54) is 0 Å². The number of hydrogen-bond acceptors (Lipinski definition) is 6. The lowest BCUT2D eigenvalue weighted by molar-refractivity contribution is -0.384. The van der Waals surface area contributed by atoms with Crippen molar-refractivity contribution in [3.63, 3.8) is 0 Å². The van der Waals surface area contributed by atoms with Crippen molar-refractivity contribution < 1.29 is 24.0 Å². The lowest BCUT2D eigenvalue weighted by Crippen LogP contribution is -2.34. The molecule has 0 saturated carbocycles. The second-order valence-electron chi connectivity index (χ2n) is 4.12. The zero-order valence-corrected chi connectivity index (χ0v) is 10.6. The number of nitro benzene ring substituents is 1. The molecule has 1 aromatic rings. The molecule has 1 aliphatic rings. The number of carbonyl (C=O) groups is 2. The van der Waals surface area contributed by atoms with Crippen molar-refractivity contribution in [3.8, 4) is 0 Å². The van der Waals surface area contributed by atoms with Crippen LogP contribution in [-0.4, -0.2) is 39.9 Å². The molecule has 0 fully saturated rings. The maximum atomic E-state index is 13.2. The highest BCUT2D eigenvalue weighted by Crippen LogP contribution is 2.27. The summed E-state index contributed by atoms with van der Waals surface area (Å²) in [6.45, 7) is -0.594. The summed E-state index contributed by atoms with van der Waals surface area (Å²) in [5.41, 5.74) is -0.890. The molecule has 0 atom stereocenters. The summed E-state index contributed by atoms with van der Waals surface area (Å²) in [5, 5.41) is 22.0. The van der Waals surface area contributed by atoms with Gasteiger partial charge in [-0.3, -0.25) is 24.6 Å². The van der Waals surface area contributed by atoms with Crippen LogP contribution in [0.15, 0.2) is 30.0 Å². The minimum absolute atomic E-state index is 0.190. The van der Waals surface area contributed by atoms with Gasteiger partial charge in [0.25, 0.3) is 17.5 Å². The van der Waals surface area contributed by atoms with Crippen molar-refractivity contribution in [1.29, 1.82) is 0 Å². The van der Waals surface area contributed by atoms with E-state index in [1.54, 1.807) is 0 Å². The Bertz CT molecular complexity index is 658. The first-order valence-electron chi connectivity index (χ1n) is 5.83. The van der Waals surface area contributed by atoms with E-state index < -0.39 is 34.8 Å². The van der Waals surface area contributed by atoms with Crippen molar-refractivity contribution in [3.05, 3.63) is 45.9 Å². The first kappa shape index (κ1) is 14.6. The summed E-state index contributed by atoms with van der Waals surface area (Å²) in [5.74, 6) is -2.13. The van der Waals surface area contributed by atoms with E-state index in [0.717, 1.165) is 29.2 Å². The van der Waals surface area contributed by atoms with Crippen LogP contribution in [0.25, 0.3) is 0 Å². The van der Waals surface area contributed by atoms with Gasteiger partial charge < -0.3 is 10.4 Å². The lowest BCUT2D eigenvalue weighted by atomic mass is 10.2. The molecule has 0 aromatic heterocycles. The van der Waals surface area contributed by atoms with Crippen molar-refractivity contribution >= 4 is 23.2 Å². The number of nitrogens with one attached hydrogen (secondary N) is 1. The summed E-state index contributed by atoms with van der Waals surface area (Å²) >= 11 is 0. The molecule has 2 N–H and O–H groups in total. The van der Waals surface area contributed by atoms with Crippen LogP contribution in [0.3, 0.4) is 0 Å². The van der Waals surface area contributed by atoms with Crippen molar-refractivity contribution in [2.45, 2.75) is 0 Å². The molecular weight excluding hydrogens is 285 g/mol. The fourth-order valence-electron chi connectivity index (χ4n) is 1.82. The molecule has 1 aliphatic heterocycles. The predicted molar refractivity (Wildman–Crippen MR) is 68.6 cm³/mol. The van der Waals surface area contributed by atoms with Crippen LogP contribution in [-0.2, 0) is 9.59 Å². The number of nitrogens with zero attached hydrogens (tertiary/aromatic N) is 2. The van der Waals surface area contributed by atoms with E-state index >= 15 is 0 Å². The van der Waals surface area contributed by atoms with Crippen molar-refractivity contribution in [2.75, 3.05) is 18.5 Å². The molecule has 0 spiro atoms. The first-order valence-corrected chi connectivity index (χ1v) is 5.83. The van der Waals surface area contributed by atoms with Gasteiger partial charge in [-0.25, -0.2) is 4.39 Å². The number of nitro groups is 1. The Morgan fingerprint density at radius 1 is 1.38 bits per heavy atom. The Morgan fingerprint density at radius 3 is 2.71 bits per heavy atom. The number of anilines is 1. The van der Waals surface area contributed by atoms with Gasteiger partial charge in [0, 0.05) is 18.2 Å². The molecule has 21 heavy (non-hydrogen) atoms. The molecule has 1 heterocycles. The third-order valence-corrected chi connectivity index (χ3v) is 2.76. The number of rotatable bonds is 5. The van der Waals surface area contributed by atoms with Crippen molar-refractivity contribution in [1.82, 2.24) is 4.90 Å². The van der Waals surface area contributed by atoms with Gasteiger partial charge in [0.1, 0.15) is 17.2 Å². The zero-order chi connectivity index (χ0) is 15.6. The number of carbonyl (C=O) groups excluding carboxylic acids is 2. The number of aliphatic hydroxyl groups excluding tert-OH is 1. The zero-order valence-electron chi connectivity index (χ0n) is 10.6. The van der Waals surface area contributed by atoms with E-state index in [9.17, 15) is 24.1 Å². The van der Waals surface area contributed by atoms with E-state index in [1.807, 2.05) is 0 Å². The normalized spacial score (nSPS) is 14.4. The number of amides is 2. The smallest absolute Gasteiger partial charge is 0.292 e. The molecule has 2 rings (SSSR count). The van der Waals surface area contributed by atoms with E-state index in [0.29, 0.717) is 0 Å². The van der Waals surface area contributed by atoms with Gasteiger partial charge >= 0.3 is 0 Å². The minimum atomic E-state index is -0.743. The van der Waals surface area contributed by atoms with Crippen LogP contribution >= 0.6 is 0 Å². The van der Waals surface area contributed by atoms with Crippen LogP contribution < -0.4 is 5.32 Å². The van der Waals surface area contributed by atoms with Crippen LogP contribution in [0, 0.1) is 15.9 Å². The van der Waals surface area contributed by atoms with E-state index in [4.69, 9.17) is 5.11 Å². The van der Waals surface area contributed by atoms with Gasteiger partial charge in [-0.2, -0.15) is 0 Å². The summed E-state index contributed by atoms with van der Waals surface area (Å²) in [6, 6.07) is 2.72. The Kier molecular flexibility index (Phi) is 3.94. The van der Waals surface area contributed by atoms with E-state index in [-0.39, 0.29) is 17.9 Å². The Morgan fingerprint density at radius 2 is 2.10 bits per heavy atom. The Labute approximate surface area is 117 Å². The summed E-state index contributed by atoms with van der Waals surface area (Å²) < 4.78 is 13.2. The van der Waals surface area contributed by atoms with Gasteiger partial charge in [0.2, 0.25) is 0 Å². The SMILES string of the molecule is O=C1C=C(Nc2cc(F)ccc2[N+](=O)[O-])C(=O)N1CCO. The van der Waals surface area contributed by atoms with Gasteiger partial charge in [0.15, 0.2) is 0 Å². The fourth-order valence-corrected chi connectivity index (χ4v) is 1.82.